The van der Waals surface area contributed by atoms with Crippen molar-refractivity contribution >= 4 is 34.1 Å². The number of rotatable bonds is 11. The van der Waals surface area contributed by atoms with Gasteiger partial charge in [-0.25, -0.2) is 4.79 Å². The molecule has 0 saturated carbocycles. The summed E-state index contributed by atoms with van der Waals surface area (Å²) in [6.07, 6.45) is 3.52. The predicted octanol–water partition coefficient (Wildman–Crippen LogP) is 3.40. The van der Waals surface area contributed by atoms with Crippen molar-refractivity contribution in [3.63, 3.8) is 0 Å². The molecule has 0 radical (unpaired) electrons. The average Bonchev–Trinajstić information content (AvgIpc) is 3.61. The largest absolute Gasteiger partial charge is 0.494 e. The highest BCUT2D eigenvalue weighted by Gasteiger charge is 2.23. The van der Waals surface area contributed by atoms with Crippen molar-refractivity contribution in [3.05, 3.63) is 52.8 Å². The van der Waals surface area contributed by atoms with E-state index in [0.29, 0.717) is 30.3 Å². The van der Waals surface area contributed by atoms with Gasteiger partial charge in [-0.1, -0.05) is 25.2 Å². The van der Waals surface area contributed by atoms with Crippen LogP contribution in [0.2, 0.25) is 0 Å². The van der Waals surface area contributed by atoms with Crippen LogP contribution in [0.4, 0.5) is 10.9 Å². The number of anilines is 2. The molecule has 14 nitrogen and oxygen atoms in total. The summed E-state index contributed by atoms with van der Waals surface area (Å²) in [5.41, 5.74) is -0.357. The molecule has 0 saturated heterocycles. The summed E-state index contributed by atoms with van der Waals surface area (Å²) in [6.45, 7) is 5.97. The van der Waals surface area contributed by atoms with Crippen molar-refractivity contribution in [2.24, 2.45) is 0 Å². The molecule has 15 heteroatoms. The second-order valence-corrected chi connectivity index (χ2v) is 8.50. The number of carbonyl (C=O) groups excluding carboxylic acids is 2. The molecule has 212 valence electrons. The van der Waals surface area contributed by atoms with Crippen molar-refractivity contribution in [1.82, 2.24) is 25.0 Å². The Labute approximate surface area is 233 Å². The van der Waals surface area contributed by atoms with Gasteiger partial charge in [-0.05, 0) is 12.1 Å². The predicted molar refractivity (Wildman–Crippen MR) is 147 cm³/mol. The molecular weight excluding hydrogens is 542 g/mol. The SMILES string of the molecule is CC.COCCCOc1c(-c2ncccc2OC)cc(C(=O)Nc2nnc(-n3nccc3NC(C)=O)s2)oc1=O. The third kappa shape index (κ3) is 7.27. The minimum Gasteiger partial charge on any atom is -0.494 e. The van der Waals surface area contributed by atoms with Gasteiger partial charge < -0.3 is 23.9 Å². The van der Waals surface area contributed by atoms with Gasteiger partial charge in [0.2, 0.25) is 21.9 Å². The van der Waals surface area contributed by atoms with E-state index in [4.69, 9.17) is 18.6 Å². The van der Waals surface area contributed by atoms with E-state index in [1.807, 2.05) is 13.8 Å². The molecule has 4 rings (SSSR count). The summed E-state index contributed by atoms with van der Waals surface area (Å²) < 4.78 is 22.7. The Morgan fingerprint density at radius 2 is 1.90 bits per heavy atom. The smallest absolute Gasteiger partial charge is 0.379 e. The Morgan fingerprint density at radius 3 is 2.62 bits per heavy atom. The normalized spacial score (nSPS) is 10.3. The molecule has 4 aromatic rings. The minimum atomic E-state index is -0.868. The highest BCUT2D eigenvalue weighted by atomic mass is 32.1. The average molecular weight is 572 g/mol. The Balaban J connectivity index is 0.00000216. The highest BCUT2D eigenvalue weighted by molar-refractivity contribution is 7.17. The molecule has 40 heavy (non-hydrogen) atoms. The fraction of sp³-hybridized carbons (Fsp3) is 0.320. The number of pyridine rings is 1. The quantitative estimate of drug-likeness (QED) is 0.253. The minimum absolute atomic E-state index is 0.105. The van der Waals surface area contributed by atoms with Crippen molar-refractivity contribution < 1.29 is 28.2 Å². The summed E-state index contributed by atoms with van der Waals surface area (Å²) in [4.78, 5) is 41.6. The van der Waals surface area contributed by atoms with Crippen LogP contribution in [0, 0.1) is 0 Å². The molecule has 2 N–H and O–H groups in total. The van der Waals surface area contributed by atoms with Gasteiger partial charge in [-0.2, -0.15) is 9.78 Å². The molecule has 0 aliphatic rings. The Kier molecular flexibility index (Phi) is 10.8. The maximum absolute atomic E-state index is 13.0. The summed E-state index contributed by atoms with van der Waals surface area (Å²) in [5.74, 6) is -0.712. The second-order valence-electron chi connectivity index (χ2n) is 7.54. The molecule has 0 unspecified atom stereocenters. The van der Waals surface area contributed by atoms with E-state index < -0.39 is 11.5 Å². The molecule has 0 atom stereocenters. The van der Waals surface area contributed by atoms with Crippen LogP contribution in [0.3, 0.4) is 0 Å². The third-order valence-electron chi connectivity index (χ3n) is 4.88. The zero-order valence-corrected chi connectivity index (χ0v) is 23.4. The number of nitrogens with one attached hydrogen (secondary N) is 2. The van der Waals surface area contributed by atoms with Crippen LogP contribution in [0.5, 0.6) is 11.5 Å². The third-order valence-corrected chi connectivity index (χ3v) is 5.69. The van der Waals surface area contributed by atoms with Gasteiger partial charge >= 0.3 is 5.63 Å². The van der Waals surface area contributed by atoms with E-state index in [0.717, 1.165) is 11.3 Å². The Bertz CT molecular complexity index is 1500. The van der Waals surface area contributed by atoms with E-state index in [9.17, 15) is 14.4 Å². The van der Waals surface area contributed by atoms with Crippen molar-refractivity contribution in [2.75, 3.05) is 38.1 Å². The lowest BCUT2D eigenvalue weighted by Crippen LogP contribution is -2.17. The maximum Gasteiger partial charge on any atom is 0.379 e. The first kappa shape index (κ1) is 29.9. The summed E-state index contributed by atoms with van der Waals surface area (Å²) >= 11 is 0.991. The lowest BCUT2D eigenvalue weighted by molar-refractivity contribution is -0.114. The van der Waals surface area contributed by atoms with Crippen LogP contribution in [0.25, 0.3) is 16.4 Å². The first-order chi connectivity index (χ1) is 19.4. The van der Waals surface area contributed by atoms with Crippen LogP contribution >= 0.6 is 11.3 Å². The molecular formula is C25H29N7O7S. The summed E-state index contributed by atoms with van der Waals surface area (Å²) in [5, 5.41) is 17.6. The molecule has 0 aliphatic carbocycles. The molecule has 0 spiro atoms. The van der Waals surface area contributed by atoms with Gasteiger partial charge in [0.05, 0.1) is 25.5 Å². The fourth-order valence-corrected chi connectivity index (χ4v) is 3.99. The molecule has 0 fully saturated rings. The number of methoxy groups -OCH3 is 2. The van der Waals surface area contributed by atoms with E-state index >= 15 is 0 Å². The van der Waals surface area contributed by atoms with E-state index in [-0.39, 0.29) is 39.9 Å². The first-order valence-electron chi connectivity index (χ1n) is 12.2. The van der Waals surface area contributed by atoms with E-state index in [1.165, 1.54) is 37.2 Å². The number of hydrogen-bond donors (Lipinski definition) is 2. The number of nitrogens with zero attached hydrogens (tertiary/aromatic N) is 5. The van der Waals surface area contributed by atoms with Gasteiger partial charge in [0, 0.05) is 45.4 Å². The van der Waals surface area contributed by atoms with Gasteiger partial charge in [0.25, 0.3) is 5.91 Å². The summed E-state index contributed by atoms with van der Waals surface area (Å²) in [6, 6.07) is 6.27. The standard InChI is InChI=1S/C23H23N7O7S.C2H6/c1-13(31)26-17-7-9-25-30(17)23-29-28-22(38-23)27-20(32)16-12-14(18-15(35-3)6-4-8-24-18)19(21(33)37-16)36-11-5-10-34-2;1-2/h4,6-9,12H,5,10-11H2,1-3H3,(H,26,31)(H,27,28,32);1-2H3. The number of ether oxygens (including phenoxy) is 3. The maximum atomic E-state index is 13.0. The van der Waals surface area contributed by atoms with Crippen molar-refractivity contribution in [1.29, 1.82) is 0 Å². The summed E-state index contributed by atoms with van der Waals surface area (Å²) in [7, 11) is 3.02. The molecule has 2 amide bonds. The number of amides is 2. The van der Waals surface area contributed by atoms with Crippen LogP contribution in [0.15, 0.2) is 45.9 Å². The highest BCUT2D eigenvalue weighted by Crippen LogP contribution is 2.33. The van der Waals surface area contributed by atoms with Crippen molar-refractivity contribution in [3.8, 4) is 27.9 Å². The fourth-order valence-electron chi connectivity index (χ4n) is 3.28. The van der Waals surface area contributed by atoms with Gasteiger partial charge in [0.1, 0.15) is 17.3 Å². The Hall–Kier alpha value is -4.63. The molecule has 4 heterocycles. The van der Waals surface area contributed by atoms with Gasteiger partial charge in [-0.3, -0.25) is 19.9 Å². The number of aromatic nitrogens is 5. The van der Waals surface area contributed by atoms with E-state index in [1.54, 1.807) is 25.3 Å². The zero-order valence-electron chi connectivity index (χ0n) is 22.6. The molecule has 0 aliphatic heterocycles. The molecule has 0 bridgehead atoms. The number of carbonyl (C=O) groups is 2. The molecule has 0 aromatic carbocycles. The molecule has 4 aromatic heterocycles. The zero-order chi connectivity index (χ0) is 29.1. The lowest BCUT2D eigenvalue weighted by atomic mass is 10.1. The monoisotopic (exact) mass is 571 g/mol. The Morgan fingerprint density at radius 1 is 1.10 bits per heavy atom. The van der Waals surface area contributed by atoms with Crippen LogP contribution in [0.1, 0.15) is 37.7 Å². The first-order valence-corrected chi connectivity index (χ1v) is 13.0. The van der Waals surface area contributed by atoms with Gasteiger partial charge in [0.15, 0.2) is 5.76 Å². The van der Waals surface area contributed by atoms with Crippen LogP contribution in [-0.4, -0.2) is 64.2 Å². The topological polar surface area (TPSA) is 173 Å². The number of hydrogen-bond acceptors (Lipinski definition) is 12. The lowest BCUT2D eigenvalue weighted by Gasteiger charge is -2.13. The van der Waals surface area contributed by atoms with Crippen LogP contribution < -0.4 is 25.7 Å². The van der Waals surface area contributed by atoms with Crippen LogP contribution in [-0.2, 0) is 9.53 Å². The van der Waals surface area contributed by atoms with Crippen molar-refractivity contribution in [2.45, 2.75) is 27.2 Å². The van der Waals surface area contributed by atoms with E-state index in [2.05, 4.69) is 30.9 Å². The second kappa shape index (κ2) is 14.5. The van der Waals surface area contributed by atoms with Gasteiger partial charge in [-0.15, -0.1) is 10.2 Å².